The van der Waals surface area contributed by atoms with E-state index in [1.54, 1.807) is 6.92 Å². The Morgan fingerprint density at radius 2 is 1.89 bits per heavy atom. The lowest BCUT2D eigenvalue weighted by molar-refractivity contribution is -0.147. The van der Waals surface area contributed by atoms with E-state index in [9.17, 15) is 22.8 Å². The van der Waals surface area contributed by atoms with Gasteiger partial charge in [-0.1, -0.05) is 26.3 Å². The third-order valence-corrected chi connectivity index (χ3v) is 5.38. The molecule has 0 heterocycles. The number of methoxy groups -OCH3 is 1. The normalized spacial score (nSPS) is 13.3. The summed E-state index contributed by atoms with van der Waals surface area (Å²) in [6, 6.07) is 4.36. The number of carbonyl (C=O) groups is 3. The van der Waals surface area contributed by atoms with Crippen LogP contribution in [0, 0.1) is 5.92 Å². The molecule has 0 aromatic heterocycles. The zero-order valence-electron chi connectivity index (χ0n) is 15.6. The highest BCUT2D eigenvalue weighted by molar-refractivity contribution is 7.89. The van der Waals surface area contributed by atoms with Gasteiger partial charge in [-0.3, -0.25) is 4.79 Å². The maximum absolute atomic E-state index is 12.1. The Hall–Kier alpha value is -2.46. The number of benzene rings is 1. The lowest BCUT2D eigenvalue weighted by Gasteiger charge is -2.21. The summed E-state index contributed by atoms with van der Waals surface area (Å²) in [4.78, 5) is 35.7. The molecule has 2 atom stereocenters. The molecule has 0 aliphatic carbocycles. The zero-order valence-corrected chi connectivity index (χ0v) is 16.5. The number of hydrogen-bond donors (Lipinski definition) is 2. The quantitative estimate of drug-likeness (QED) is 0.576. The first-order valence-corrected chi connectivity index (χ1v) is 9.72. The molecule has 0 saturated heterocycles. The van der Waals surface area contributed by atoms with Crippen molar-refractivity contribution in [2.24, 2.45) is 5.92 Å². The van der Waals surface area contributed by atoms with E-state index in [2.05, 4.69) is 14.8 Å². The van der Waals surface area contributed by atoms with Crippen LogP contribution in [0.1, 0.15) is 30.6 Å². The molecular weight excluding hydrogens is 376 g/mol. The minimum atomic E-state index is -3.71. The van der Waals surface area contributed by atoms with Crippen molar-refractivity contribution in [2.75, 3.05) is 20.8 Å². The van der Waals surface area contributed by atoms with Gasteiger partial charge in [-0.05, 0) is 31.2 Å². The highest BCUT2D eigenvalue weighted by atomic mass is 32.2. The third kappa shape index (κ3) is 6.33. The average molecular weight is 400 g/mol. The van der Waals surface area contributed by atoms with Crippen molar-refractivity contribution in [3.63, 3.8) is 0 Å². The molecule has 0 saturated carbocycles. The second-order valence-electron chi connectivity index (χ2n) is 5.77. The Morgan fingerprint density at radius 1 is 1.22 bits per heavy atom. The predicted molar refractivity (Wildman–Crippen MR) is 96.4 cm³/mol. The van der Waals surface area contributed by atoms with Crippen LogP contribution in [-0.2, 0) is 29.1 Å². The molecule has 150 valence electrons. The SMILES string of the molecule is CC[C@@H](C)[C@@H](NC(=O)COC(=O)c1cccc(S(=O)(=O)NC)c1)C(=O)OC. The first-order chi connectivity index (χ1) is 12.7. The molecular formula is C17H24N2O7S. The molecule has 1 amide bonds. The molecule has 9 nitrogen and oxygen atoms in total. The Bertz CT molecular complexity index is 792. The minimum absolute atomic E-state index is 0.0226. The molecule has 1 aromatic carbocycles. The van der Waals surface area contributed by atoms with Crippen LogP contribution in [0.3, 0.4) is 0 Å². The van der Waals surface area contributed by atoms with Crippen LogP contribution in [-0.4, -0.2) is 53.1 Å². The summed E-state index contributed by atoms with van der Waals surface area (Å²) < 4.78 is 35.3. The molecule has 1 aromatic rings. The molecule has 0 unspecified atom stereocenters. The predicted octanol–water partition coefficient (Wildman–Crippen LogP) is 0.455. The summed E-state index contributed by atoms with van der Waals surface area (Å²) in [6.07, 6.45) is 0.632. The van der Waals surface area contributed by atoms with Crippen molar-refractivity contribution in [1.29, 1.82) is 0 Å². The van der Waals surface area contributed by atoms with Crippen molar-refractivity contribution < 1.29 is 32.3 Å². The fraction of sp³-hybridized carbons (Fsp3) is 0.471. The topological polar surface area (TPSA) is 128 Å². The number of esters is 2. The van der Waals surface area contributed by atoms with Gasteiger partial charge in [0.2, 0.25) is 10.0 Å². The van der Waals surface area contributed by atoms with E-state index in [-0.39, 0.29) is 16.4 Å². The molecule has 2 N–H and O–H groups in total. The van der Waals surface area contributed by atoms with E-state index in [0.29, 0.717) is 6.42 Å². The van der Waals surface area contributed by atoms with Gasteiger partial charge >= 0.3 is 11.9 Å². The summed E-state index contributed by atoms with van der Waals surface area (Å²) in [5.41, 5.74) is -0.0226. The van der Waals surface area contributed by atoms with Gasteiger partial charge in [0, 0.05) is 0 Å². The van der Waals surface area contributed by atoms with Crippen molar-refractivity contribution in [2.45, 2.75) is 31.2 Å². The molecule has 0 spiro atoms. The summed E-state index contributed by atoms with van der Waals surface area (Å²) in [6.45, 7) is 3.02. The second-order valence-corrected chi connectivity index (χ2v) is 7.65. The number of carbonyl (C=O) groups excluding carboxylic acids is 3. The van der Waals surface area contributed by atoms with Crippen LogP contribution in [0.15, 0.2) is 29.2 Å². The Morgan fingerprint density at radius 3 is 2.44 bits per heavy atom. The van der Waals surface area contributed by atoms with E-state index in [1.807, 2.05) is 6.92 Å². The van der Waals surface area contributed by atoms with Crippen LogP contribution in [0.5, 0.6) is 0 Å². The van der Waals surface area contributed by atoms with Gasteiger partial charge in [-0.25, -0.2) is 22.7 Å². The highest BCUT2D eigenvalue weighted by Crippen LogP contribution is 2.12. The molecule has 0 fully saturated rings. The van der Waals surface area contributed by atoms with E-state index < -0.39 is 40.5 Å². The van der Waals surface area contributed by atoms with E-state index in [0.717, 1.165) is 6.07 Å². The van der Waals surface area contributed by atoms with Crippen LogP contribution in [0.2, 0.25) is 0 Å². The van der Waals surface area contributed by atoms with Crippen molar-refractivity contribution in [1.82, 2.24) is 10.0 Å². The monoisotopic (exact) mass is 400 g/mol. The number of nitrogens with one attached hydrogen (secondary N) is 2. The van der Waals surface area contributed by atoms with Gasteiger partial charge in [0.15, 0.2) is 6.61 Å². The molecule has 0 bridgehead atoms. The molecule has 0 aliphatic heterocycles. The summed E-state index contributed by atoms with van der Waals surface area (Å²) in [5.74, 6) is -2.29. The largest absolute Gasteiger partial charge is 0.467 e. The number of hydrogen-bond acceptors (Lipinski definition) is 7. The van der Waals surface area contributed by atoms with Gasteiger partial charge in [0.25, 0.3) is 5.91 Å². The lowest BCUT2D eigenvalue weighted by Crippen LogP contribution is -2.47. The molecule has 0 aliphatic rings. The van der Waals surface area contributed by atoms with Crippen molar-refractivity contribution >= 4 is 27.9 Å². The first kappa shape index (κ1) is 22.6. The van der Waals surface area contributed by atoms with Crippen LogP contribution in [0.4, 0.5) is 0 Å². The van der Waals surface area contributed by atoms with E-state index >= 15 is 0 Å². The maximum atomic E-state index is 12.1. The van der Waals surface area contributed by atoms with Gasteiger partial charge in [-0.15, -0.1) is 0 Å². The molecule has 10 heteroatoms. The number of ether oxygens (including phenoxy) is 2. The van der Waals surface area contributed by atoms with E-state index in [4.69, 9.17) is 4.74 Å². The summed E-state index contributed by atoms with van der Waals surface area (Å²) in [5, 5.41) is 2.47. The van der Waals surface area contributed by atoms with Gasteiger partial charge in [0.05, 0.1) is 17.6 Å². The Kier molecular flexibility index (Phi) is 8.38. The Labute approximate surface area is 158 Å². The number of amides is 1. The zero-order chi connectivity index (χ0) is 20.6. The second kappa shape index (κ2) is 10.0. The fourth-order valence-electron chi connectivity index (χ4n) is 2.13. The fourth-order valence-corrected chi connectivity index (χ4v) is 2.91. The van der Waals surface area contributed by atoms with Crippen LogP contribution < -0.4 is 10.0 Å². The van der Waals surface area contributed by atoms with E-state index in [1.165, 1.54) is 32.4 Å². The first-order valence-electron chi connectivity index (χ1n) is 8.24. The minimum Gasteiger partial charge on any atom is -0.467 e. The van der Waals surface area contributed by atoms with Gasteiger partial charge in [-0.2, -0.15) is 0 Å². The standard InChI is InChI=1S/C17H24N2O7S/c1-5-11(2)15(17(22)25-4)19-14(20)10-26-16(21)12-7-6-8-13(9-12)27(23,24)18-3/h6-9,11,15,18H,5,10H2,1-4H3,(H,19,20)/t11-,15-/m1/s1. The Balaban J connectivity index is 2.75. The number of sulfonamides is 1. The molecule has 1 rings (SSSR count). The average Bonchev–Trinajstić information content (AvgIpc) is 2.68. The van der Waals surface area contributed by atoms with Crippen LogP contribution >= 0.6 is 0 Å². The third-order valence-electron chi connectivity index (χ3n) is 3.97. The van der Waals surface area contributed by atoms with Crippen molar-refractivity contribution in [3.8, 4) is 0 Å². The summed E-state index contributed by atoms with van der Waals surface area (Å²) >= 11 is 0. The van der Waals surface area contributed by atoms with Gasteiger partial charge in [0.1, 0.15) is 6.04 Å². The summed E-state index contributed by atoms with van der Waals surface area (Å²) in [7, 11) is -1.25. The highest BCUT2D eigenvalue weighted by Gasteiger charge is 2.27. The van der Waals surface area contributed by atoms with Gasteiger partial charge < -0.3 is 14.8 Å². The number of rotatable bonds is 9. The van der Waals surface area contributed by atoms with Crippen molar-refractivity contribution in [3.05, 3.63) is 29.8 Å². The molecule has 27 heavy (non-hydrogen) atoms. The van der Waals surface area contributed by atoms with Crippen LogP contribution in [0.25, 0.3) is 0 Å². The molecule has 0 radical (unpaired) electrons. The lowest BCUT2D eigenvalue weighted by atomic mass is 9.99. The smallest absolute Gasteiger partial charge is 0.338 e. The maximum Gasteiger partial charge on any atom is 0.338 e.